The van der Waals surface area contributed by atoms with Crippen molar-refractivity contribution < 1.29 is 28.4 Å². The van der Waals surface area contributed by atoms with Crippen LogP contribution < -0.4 is 28.4 Å². The molecular formula is C71H60N4O6. The topological polar surface area (TPSA) is 113 Å². The van der Waals surface area contributed by atoms with Gasteiger partial charge in [0.15, 0.2) is 0 Å². The van der Waals surface area contributed by atoms with Crippen LogP contribution in [0.25, 0.3) is 90.9 Å². The third kappa shape index (κ3) is 12.6. The summed E-state index contributed by atoms with van der Waals surface area (Å²) in [6.45, 7) is 3.09. The molecule has 10 nitrogen and oxygen atoms in total. The largest absolute Gasteiger partial charge is 0.493 e. The zero-order valence-corrected chi connectivity index (χ0v) is 44.8. The van der Waals surface area contributed by atoms with E-state index in [2.05, 4.69) is 119 Å². The number of ether oxygens (including phenoxy) is 6. The van der Waals surface area contributed by atoms with Crippen molar-refractivity contribution in [2.24, 2.45) is 0 Å². The van der Waals surface area contributed by atoms with Gasteiger partial charge < -0.3 is 38.4 Å². The number of hydrogen-bond acceptors (Lipinski definition) is 8. The first-order chi connectivity index (χ1) is 40.1. The van der Waals surface area contributed by atoms with Crippen LogP contribution in [0.2, 0.25) is 0 Å². The molecule has 0 unspecified atom stereocenters. The van der Waals surface area contributed by atoms with Gasteiger partial charge in [0.2, 0.25) is 0 Å². The standard InChI is InChI=1S/C71H60N4O6/c1-5-19-50(20-6-1)68-60-33-35-62(72-60)69(51-21-13-30-57(47-51)79-44-16-41-76-54-24-7-2-8-25-54)64-37-39-66(74-64)71(53-23-15-32-59(49-53)81-46-18-43-78-56-28-11-4-12-29-56)67-40-38-65(75-67)70(63-36-34-61(68)73-63)52-22-14-31-58(48-52)80-45-17-42-77-55-26-9-3-10-27-55/h1-15,19-40,47-49,72,75H,16-18,41-46H2. The van der Waals surface area contributed by atoms with Gasteiger partial charge in [-0.3, -0.25) is 0 Å². The van der Waals surface area contributed by atoms with Crippen LogP contribution in [0.15, 0.2) is 218 Å². The Morgan fingerprint density at radius 2 is 0.494 bits per heavy atom. The number of para-hydroxylation sites is 3. The van der Waals surface area contributed by atoms with Gasteiger partial charge in [-0.05, 0) is 144 Å². The number of benzene rings is 7. The number of hydrogen-bond donors (Lipinski definition) is 2. The maximum atomic E-state index is 6.43. The second kappa shape index (κ2) is 25.2. The molecule has 0 fully saturated rings. The zero-order chi connectivity index (χ0) is 54.4. The highest BCUT2D eigenvalue weighted by molar-refractivity contribution is 6.00. The first kappa shape index (κ1) is 51.7. The summed E-state index contributed by atoms with van der Waals surface area (Å²) in [6.07, 6.45) is 10.6. The fraction of sp³-hybridized carbons (Fsp3) is 0.127. The van der Waals surface area contributed by atoms with Crippen LogP contribution in [0.1, 0.15) is 42.0 Å². The van der Waals surface area contributed by atoms with Gasteiger partial charge in [0.05, 0.1) is 62.4 Å². The van der Waals surface area contributed by atoms with Crippen molar-refractivity contribution in [2.45, 2.75) is 19.3 Å². The Bertz CT molecular complexity index is 3900. The molecule has 10 aromatic rings. The predicted molar refractivity (Wildman–Crippen MR) is 327 cm³/mol. The molecule has 2 aliphatic heterocycles. The second-order valence-corrected chi connectivity index (χ2v) is 19.5. The average Bonchev–Trinajstić information content (AvgIpc) is 4.44. The van der Waals surface area contributed by atoms with Crippen molar-refractivity contribution in [2.75, 3.05) is 39.6 Å². The minimum atomic E-state index is 0.484. The molecule has 0 saturated heterocycles. The smallest absolute Gasteiger partial charge is 0.119 e. The van der Waals surface area contributed by atoms with E-state index in [9.17, 15) is 0 Å². The molecule has 400 valence electrons. The molecule has 0 aliphatic carbocycles. The molecule has 0 atom stereocenters. The molecule has 3 aromatic heterocycles. The summed E-state index contributed by atoms with van der Waals surface area (Å²) in [5.41, 5.74) is 14.3. The number of H-pyrrole nitrogens is 2. The van der Waals surface area contributed by atoms with Gasteiger partial charge >= 0.3 is 0 Å². The summed E-state index contributed by atoms with van der Waals surface area (Å²) in [5.74, 6) is 4.78. The van der Waals surface area contributed by atoms with Crippen LogP contribution in [-0.2, 0) is 0 Å². The molecule has 8 bridgehead atoms. The average molecular weight is 1070 g/mol. The molecule has 5 heterocycles. The Labute approximate surface area is 471 Å². The van der Waals surface area contributed by atoms with Crippen LogP contribution >= 0.6 is 0 Å². The van der Waals surface area contributed by atoms with E-state index in [-0.39, 0.29) is 0 Å². The van der Waals surface area contributed by atoms with Crippen LogP contribution in [0.4, 0.5) is 0 Å². The minimum Gasteiger partial charge on any atom is -0.493 e. The Kier molecular flexibility index (Phi) is 16.1. The van der Waals surface area contributed by atoms with Gasteiger partial charge in [-0.15, -0.1) is 0 Å². The van der Waals surface area contributed by atoms with Gasteiger partial charge in [0.1, 0.15) is 34.5 Å². The van der Waals surface area contributed by atoms with E-state index < -0.39 is 0 Å². The third-order valence-corrected chi connectivity index (χ3v) is 13.9. The highest BCUT2D eigenvalue weighted by Crippen LogP contribution is 2.40. The monoisotopic (exact) mass is 1060 g/mol. The quantitative estimate of drug-likeness (QED) is 0.0646. The first-order valence-corrected chi connectivity index (χ1v) is 27.6. The van der Waals surface area contributed by atoms with E-state index in [1.165, 1.54) is 0 Å². The van der Waals surface area contributed by atoms with Crippen molar-refractivity contribution >= 4 is 46.4 Å². The molecule has 0 spiro atoms. The number of rotatable bonds is 22. The first-order valence-electron chi connectivity index (χ1n) is 27.6. The summed E-state index contributed by atoms with van der Waals surface area (Å²) in [7, 11) is 0. The fourth-order valence-electron chi connectivity index (χ4n) is 10.1. The summed E-state index contributed by atoms with van der Waals surface area (Å²) < 4.78 is 37.2. The molecule has 2 N–H and O–H groups in total. The third-order valence-electron chi connectivity index (χ3n) is 13.9. The van der Waals surface area contributed by atoms with Gasteiger partial charge in [0.25, 0.3) is 0 Å². The molecule has 7 aromatic carbocycles. The Morgan fingerprint density at radius 1 is 0.247 bits per heavy atom. The molecule has 2 aliphatic rings. The van der Waals surface area contributed by atoms with E-state index in [1.807, 2.05) is 133 Å². The van der Waals surface area contributed by atoms with Crippen LogP contribution in [-0.4, -0.2) is 59.6 Å². The van der Waals surface area contributed by atoms with Crippen molar-refractivity contribution in [3.8, 4) is 79.0 Å². The van der Waals surface area contributed by atoms with Crippen LogP contribution in [0, 0.1) is 0 Å². The van der Waals surface area contributed by atoms with Crippen LogP contribution in [0.3, 0.4) is 0 Å². The van der Waals surface area contributed by atoms with Crippen molar-refractivity contribution in [1.82, 2.24) is 19.9 Å². The van der Waals surface area contributed by atoms with Gasteiger partial charge in [-0.25, -0.2) is 9.97 Å². The van der Waals surface area contributed by atoms with Crippen molar-refractivity contribution in [3.05, 3.63) is 241 Å². The zero-order valence-electron chi connectivity index (χ0n) is 44.8. The minimum absolute atomic E-state index is 0.484. The number of nitrogens with zero attached hydrogens (tertiary/aromatic N) is 2. The van der Waals surface area contributed by atoms with E-state index in [0.717, 1.165) is 137 Å². The Hall–Kier alpha value is -10.1. The number of aromatic nitrogens is 4. The summed E-state index contributed by atoms with van der Waals surface area (Å²) in [4.78, 5) is 18.9. The SMILES string of the molecule is C1=Cc2nc1c(-c1ccccc1)c1ccc([nH]1)c(-c1cccc(OCCCOc3ccccc3)c1)c1nc(c(-c3cccc(OCCCOc4ccccc4)c3)c3ccc([nH]3)c2-c2cccc(OCCCOc3ccccc3)c2)C=C1. The molecule has 10 heteroatoms. The Morgan fingerprint density at radius 3 is 0.802 bits per heavy atom. The lowest BCUT2D eigenvalue weighted by Crippen LogP contribution is -2.05. The lowest BCUT2D eigenvalue weighted by molar-refractivity contribution is 0.247. The lowest BCUT2D eigenvalue weighted by Gasteiger charge is -2.11. The number of nitrogens with one attached hydrogen (secondary N) is 2. The normalized spacial score (nSPS) is 11.6. The molecular weight excluding hydrogens is 1000 g/mol. The molecule has 0 radical (unpaired) electrons. The summed E-state index contributed by atoms with van der Waals surface area (Å²) >= 11 is 0. The lowest BCUT2D eigenvalue weighted by atomic mass is 10.0. The number of fused-ring (bicyclic) bond motifs is 8. The maximum Gasteiger partial charge on any atom is 0.119 e. The van der Waals surface area contributed by atoms with Gasteiger partial charge in [-0.1, -0.05) is 121 Å². The van der Waals surface area contributed by atoms with Gasteiger partial charge in [0, 0.05) is 63.6 Å². The summed E-state index contributed by atoms with van der Waals surface area (Å²) in [5, 5.41) is 0. The maximum absolute atomic E-state index is 6.43. The molecule has 0 saturated carbocycles. The van der Waals surface area contributed by atoms with E-state index in [1.54, 1.807) is 0 Å². The Balaban J connectivity index is 0.978. The van der Waals surface area contributed by atoms with Crippen LogP contribution in [0.5, 0.6) is 34.5 Å². The van der Waals surface area contributed by atoms with Gasteiger partial charge in [-0.2, -0.15) is 0 Å². The highest BCUT2D eigenvalue weighted by Gasteiger charge is 2.20. The fourth-order valence-corrected chi connectivity index (χ4v) is 10.1. The second-order valence-electron chi connectivity index (χ2n) is 19.5. The van der Waals surface area contributed by atoms with Crippen molar-refractivity contribution in [1.29, 1.82) is 0 Å². The molecule has 81 heavy (non-hydrogen) atoms. The van der Waals surface area contributed by atoms with E-state index >= 15 is 0 Å². The van der Waals surface area contributed by atoms with E-state index in [4.69, 9.17) is 38.4 Å². The highest BCUT2D eigenvalue weighted by atomic mass is 16.5. The summed E-state index contributed by atoms with van der Waals surface area (Å²) in [6, 6.07) is 73.3. The van der Waals surface area contributed by atoms with E-state index in [0.29, 0.717) is 46.1 Å². The number of aromatic amines is 2. The van der Waals surface area contributed by atoms with Crippen molar-refractivity contribution in [3.63, 3.8) is 0 Å². The predicted octanol–water partition coefficient (Wildman–Crippen LogP) is 16.9. The molecule has 12 rings (SSSR count). The molecule has 0 amide bonds.